The van der Waals surface area contributed by atoms with Gasteiger partial charge in [-0.05, 0) is 46.2 Å². The second-order valence-corrected chi connectivity index (χ2v) is 5.91. The Labute approximate surface area is 139 Å². The fourth-order valence-electron chi connectivity index (χ4n) is 1.84. The molecule has 0 unspecified atom stereocenters. The third kappa shape index (κ3) is 6.48. The highest BCUT2D eigenvalue weighted by Crippen LogP contribution is 2.17. The van der Waals surface area contributed by atoms with Gasteiger partial charge in [-0.25, -0.2) is 4.79 Å². The third-order valence-corrected chi connectivity index (χ3v) is 4.10. The van der Waals surface area contributed by atoms with Crippen LogP contribution in [0.2, 0.25) is 0 Å². The summed E-state index contributed by atoms with van der Waals surface area (Å²) in [6, 6.07) is 5.94. The van der Waals surface area contributed by atoms with Gasteiger partial charge in [0.05, 0.1) is 13.7 Å². The monoisotopic (exact) mass is 403 g/mol. The first-order valence-electron chi connectivity index (χ1n) is 6.99. The highest BCUT2D eigenvalue weighted by Gasteiger charge is 2.06. The van der Waals surface area contributed by atoms with Gasteiger partial charge in [0.1, 0.15) is 0 Å². The molecule has 0 heterocycles. The van der Waals surface area contributed by atoms with Crippen molar-refractivity contribution in [3.05, 3.63) is 45.2 Å². The van der Waals surface area contributed by atoms with Gasteiger partial charge < -0.3 is 14.7 Å². The van der Waals surface area contributed by atoms with Crippen molar-refractivity contribution in [2.24, 2.45) is 0 Å². The fraction of sp³-hybridized carbons (Fsp3) is 0.438. The quantitative estimate of drug-likeness (QED) is 0.412. The van der Waals surface area contributed by atoms with Crippen molar-refractivity contribution in [2.45, 2.75) is 32.9 Å². The van der Waals surface area contributed by atoms with Gasteiger partial charge in [-0.1, -0.05) is 25.5 Å². The van der Waals surface area contributed by atoms with Crippen LogP contribution in [-0.4, -0.2) is 29.6 Å². The minimum absolute atomic E-state index is 0.0536. The number of hydrogen-bond acceptors (Lipinski definition) is 4. The van der Waals surface area contributed by atoms with Crippen molar-refractivity contribution < 1.29 is 14.6 Å². The summed E-state index contributed by atoms with van der Waals surface area (Å²) < 4.78 is 5.75. The average molecular weight is 403 g/mol. The molecule has 0 aliphatic carbocycles. The zero-order valence-electron chi connectivity index (χ0n) is 12.5. The number of nitrogens with zero attached hydrogens (tertiary/aromatic N) is 1. The number of rotatable bonds is 8. The zero-order valence-corrected chi connectivity index (χ0v) is 14.7. The Bertz CT molecular complexity index is 488. The third-order valence-electron chi connectivity index (χ3n) is 3.09. The lowest BCUT2D eigenvalue weighted by atomic mass is 10.1. The van der Waals surface area contributed by atoms with Gasteiger partial charge in [0.25, 0.3) is 0 Å². The molecule has 0 radical (unpaired) electrons. The second-order valence-electron chi connectivity index (χ2n) is 4.75. The molecule has 1 aromatic rings. The summed E-state index contributed by atoms with van der Waals surface area (Å²) in [6.07, 6.45) is 5.40. The van der Waals surface area contributed by atoms with Crippen molar-refractivity contribution >= 4 is 28.6 Å². The van der Waals surface area contributed by atoms with Crippen LogP contribution in [0.4, 0.5) is 0 Å². The summed E-state index contributed by atoms with van der Waals surface area (Å²) in [7, 11) is 1.37. The largest absolute Gasteiger partial charge is 0.466 e. The number of benzene rings is 1. The molecule has 0 aliphatic rings. The Morgan fingerprint density at radius 2 is 2.24 bits per heavy atom. The van der Waals surface area contributed by atoms with E-state index in [-0.39, 0.29) is 12.6 Å². The number of esters is 1. The maximum absolute atomic E-state index is 11.2. The number of carbonyl (C=O) groups is 1. The smallest absolute Gasteiger partial charge is 0.331 e. The molecule has 1 rings (SSSR count). The number of aliphatic hydroxyl groups is 1. The Morgan fingerprint density at radius 1 is 1.48 bits per heavy atom. The average Bonchev–Trinajstić information content (AvgIpc) is 2.50. The normalized spacial score (nSPS) is 10.9. The van der Waals surface area contributed by atoms with Gasteiger partial charge in [0, 0.05) is 28.9 Å². The van der Waals surface area contributed by atoms with Crippen molar-refractivity contribution in [1.82, 2.24) is 4.90 Å². The molecule has 116 valence electrons. The molecule has 1 aromatic carbocycles. The van der Waals surface area contributed by atoms with Crippen LogP contribution < -0.4 is 0 Å². The van der Waals surface area contributed by atoms with Gasteiger partial charge in [-0.3, -0.25) is 0 Å². The molecular weight excluding hydrogens is 381 g/mol. The number of unbranched alkanes of at least 4 members (excludes halogenated alkanes) is 1. The molecule has 0 spiro atoms. The lowest BCUT2D eigenvalue weighted by molar-refractivity contribution is -0.134. The second kappa shape index (κ2) is 9.78. The van der Waals surface area contributed by atoms with E-state index in [4.69, 9.17) is 5.11 Å². The molecule has 4 nitrogen and oxygen atoms in total. The number of methoxy groups -OCH3 is 1. The minimum Gasteiger partial charge on any atom is -0.466 e. The molecule has 0 bridgehead atoms. The van der Waals surface area contributed by atoms with E-state index >= 15 is 0 Å². The van der Waals surface area contributed by atoms with E-state index in [9.17, 15) is 4.79 Å². The highest BCUT2D eigenvalue weighted by molar-refractivity contribution is 14.1. The molecular formula is C16H22INO3. The molecule has 0 aromatic heterocycles. The van der Waals surface area contributed by atoms with E-state index in [2.05, 4.69) is 39.2 Å². The van der Waals surface area contributed by atoms with E-state index in [1.54, 1.807) is 6.20 Å². The lowest BCUT2D eigenvalue weighted by Gasteiger charge is -2.21. The summed E-state index contributed by atoms with van der Waals surface area (Å²) in [6.45, 7) is 3.82. The number of hydrogen-bond donors (Lipinski definition) is 1. The molecule has 0 atom stereocenters. The maximum atomic E-state index is 11.2. The minimum atomic E-state index is -0.346. The van der Waals surface area contributed by atoms with Crippen molar-refractivity contribution in [3.63, 3.8) is 0 Å². The van der Waals surface area contributed by atoms with Crippen LogP contribution in [0, 0.1) is 3.57 Å². The molecule has 5 heteroatoms. The summed E-state index contributed by atoms with van der Waals surface area (Å²) in [5, 5.41) is 9.15. The zero-order chi connectivity index (χ0) is 15.7. The van der Waals surface area contributed by atoms with E-state index in [0.29, 0.717) is 0 Å². The summed E-state index contributed by atoms with van der Waals surface area (Å²) in [5.74, 6) is -0.346. The van der Waals surface area contributed by atoms with Gasteiger partial charge in [-0.2, -0.15) is 0 Å². The van der Waals surface area contributed by atoms with Crippen LogP contribution in [0.3, 0.4) is 0 Å². The first-order valence-corrected chi connectivity index (χ1v) is 8.07. The number of carbonyl (C=O) groups excluding carboxylic acids is 1. The van der Waals surface area contributed by atoms with Gasteiger partial charge in [0.15, 0.2) is 0 Å². The van der Waals surface area contributed by atoms with Crippen LogP contribution in [0.25, 0.3) is 0 Å². The number of ether oxygens (including phenoxy) is 1. The summed E-state index contributed by atoms with van der Waals surface area (Å²) >= 11 is 2.28. The SMILES string of the molecule is CCCCN(/C=C/C(=O)OC)Cc1ccc(CO)cc1I. The molecule has 0 fully saturated rings. The fourth-order valence-corrected chi connectivity index (χ4v) is 2.59. The molecule has 0 saturated heterocycles. The van der Waals surface area contributed by atoms with Gasteiger partial charge >= 0.3 is 5.97 Å². The molecule has 0 saturated carbocycles. The molecule has 21 heavy (non-hydrogen) atoms. The number of aliphatic hydroxyl groups excluding tert-OH is 1. The van der Waals surface area contributed by atoms with Crippen molar-refractivity contribution in [3.8, 4) is 0 Å². The summed E-state index contributed by atoms with van der Waals surface area (Å²) in [4.78, 5) is 13.3. The standard InChI is InChI=1S/C16H22INO3/c1-3-4-8-18(9-7-16(20)21-2)11-14-6-5-13(12-19)10-15(14)17/h5-7,9-10,19H,3-4,8,11-12H2,1-2H3/b9-7+. The lowest BCUT2D eigenvalue weighted by Crippen LogP contribution is -2.19. The Hall–Kier alpha value is -1.08. The Kier molecular flexibility index (Phi) is 8.37. The first-order chi connectivity index (χ1) is 10.1. The number of halogens is 1. The maximum Gasteiger partial charge on any atom is 0.331 e. The molecule has 1 N–H and O–H groups in total. The van der Waals surface area contributed by atoms with Gasteiger partial charge in [-0.15, -0.1) is 0 Å². The van der Waals surface area contributed by atoms with Crippen molar-refractivity contribution in [1.29, 1.82) is 0 Å². The van der Waals surface area contributed by atoms with E-state index in [1.165, 1.54) is 18.7 Å². The van der Waals surface area contributed by atoms with E-state index in [0.717, 1.165) is 35.1 Å². The predicted molar refractivity (Wildman–Crippen MR) is 91.6 cm³/mol. The Morgan fingerprint density at radius 3 is 2.81 bits per heavy atom. The molecule has 0 aliphatic heterocycles. The van der Waals surface area contributed by atoms with Crippen LogP contribution in [0.5, 0.6) is 0 Å². The van der Waals surface area contributed by atoms with Crippen molar-refractivity contribution in [2.75, 3.05) is 13.7 Å². The first kappa shape index (κ1) is 18.0. The molecule has 0 amide bonds. The van der Waals surface area contributed by atoms with Crippen LogP contribution >= 0.6 is 22.6 Å². The van der Waals surface area contributed by atoms with Crippen LogP contribution in [-0.2, 0) is 22.7 Å². The highest BCUT2D eigenvalue weighted by atomic mass is 127. The van der Waals surface area contributed by atoms with Crippen LogP contribution in [0.1, 0.15) is 30.9 Å². The van der Waals surface area contributed by atoms with Crippen LogP contribution in [0.15, 0.2) is 30.5 Å². The van der Waals surface area contributed by atoms with Gasteiger partial charge in [0.2, 0.25) is 0 Å². The van der Waals surface area contributed by atoms with E-state index in [1.807, 2.05) is 18.2 Å². The predicted octanol–water partition coefficient (Wildman–Crippen LogP) is 3.07. The topological polar surface area (TPSA) is 49.8 Å². The Balaban J connectivity index is 2.80. The van der Waals surface area contributed by atoms with E-state index < -0.39 is 0 Å². The summed E-state index contributed by atoms with van der Waals surface area (Å²) in [5.41, 5.74) is 2.09.